The van der Waals surface area contributed by atoms with Crippen LogP contribution in [-0.2, 0) is 16.0 Å². The first kappa shape index (κ1) is 17.0. The van der Waals surface area contributed by atoms with Crippen molar-refractivity contribution in [2.75, 3.05) is 5.32 Å². The molecule has 0 bridgehead atoms. The van der Waals surface area contributed by atoms with Crippen molar-refractivity contribution in [1.29, 1.82) is 0 Å². The van der Waals surface area contributed by atoms with Gasteiger partial charge in [0.15, 0.2) is 0 Å². The number of ether oxygens (including phenoxy) is 1. The standard InChI is InChI=1S/C23H19NO3/c25-22-15-19(18-11-5-6-12-20(18)24-22)23(26)27-21-13-7-4-10-17(21)14-16-8-2-1-3-9-16/h1-13,19H,14-15H2,(H,24,25). The molecule has 4 nitrogen and oxygen atoms in total. The topological polar surface area (TPSA) is 55.4 Å². The number of hydrogen-bond donors (Lipinski definition) is 1. The van der Waals surface area contributed by atoms with Gasteiger partial charge in [0.25, 0.3) is 0 Å². The highest BCUT2D eigenvalue weighted by Gasteiger charge is 2.32. The van der Waals surface area contributed by atoms with Gasteiger partial charge in [0, 0.05) is 18.5 Å². The van der Waals surface area contributed by atoms with E-state index in [9.17, 15) is 9.59 Å². The van der Waals surface area contributed by atoms with Gasteiger partial charge in [-0.15, -0.1) is 0 Å². The molecule has 1 heterocycles. The number of fused-ring (bicyclic) bond motifs is 1. The first-order chi connectivity index (χ1) is 13.2. The Morgan fingerprint density at radius 1 is 0.926 bits per heavy atom. The molecule has 1 aliphatic heterocycles. The van der Waals surface area contributed by atoms with Crippen molar-refractivity contribution in [3.05, 3.63) is 95.6 Å². The molecule has 0 saturated heterocycles. The number of anilines is 1. The van der Waals surface area contributed by atoms with Crippen LogP contribution in [0.2, 0.25) is 0 Å². The smallest absolute Gasteiger partial charge is 0.319 e. The van der Waals surface area contributed by atoms with Gasteiger partial charge in [-0.1, -0.05) is 66.7 Å². The summed E-state index contributed by atoms with van der Waals surface area (Å²) in [5, 5.41) is 2.81. The van der Waals surface area contributed by atoms with E-state index in [1.807, 2.05) is 66.7 Å². The predicted octanol–water partition coefficient (Wildman–Crippen LogP) is 4.31. The minimum atomic E-state index is -0.597. The van der Waals surface area contributed by atoms with E-state index < -0.39 is 11.9 Å². The van der Waals surface area contributed by atoms with Gasteiger partial charge in [-0.3, -0.25) is 9.59 Å². The quantitative estimate of drug-likeness (QED) is 0.559. The maximum atomic E-state index is 12.9. The third kappa shape index (κ3) is 3.75. The molecule has 27 heavy (non-hydrogen) atoms. The maximum absolute atomic E-state index is 12.9. The molecular weight excluding hydrogens is 338 g/mol. The van der Waals surface area contributed by atoms with Gasteiger partial charge in [0.05, 0.1) is 5.92 Å². The first-order valence-corrected chi connectivity index (χ1v) is 8.93. The largest absolute Gasteiger partial charge is 0.426 e. The van der Waals surface area contributed by atoms with Crippen LogP contribution in [-0.4, -0.2) is 11.9 Å². The molecule has 1 atom stereocenters. The molecule has 4 heteroatoms. The van der Waals surface area contributed by atoms with Crippen LogP contribution >= 0.6 is 0 Å². The van der Waals surface area contributed by atoms with Crippen LogP contribution in [0, 0.1) is 0 Å². The third-order valence-corrected chi connectivity index (χ3v) is 4.70. The minimum absolute atomic E-state index is 0.0939. The van der Waals surface area contributed by atoms with Gasteiger partial charge in [0.2, 0.25) is 5.91 Å². The normalized spacial score (nSPS) is 15.6. The highest BCUT2D eigenvalue weighted by Crippen LogP contribution is 2.33. The summed E-state index contributed by atoms with van der Waals surface area (Å²) in [6, 6.07) is 24.9. The summed E-state index contributed by atoms with van der Waals surface area (Å²) >= 11 is 0. The van der Waals surface area contributed by atoms with Gasteiger partial charge in [-0.05, 0) is 28.8 Å². The molecule has 1 N–H and O–H groups in total. The number of nitrogens with one attached hydrogen (secondary N) is 1. The SMILES string of the molecule is O=C1CC(C(=O)Oc2ccccc2Cc2ccccc2)c2ccccc2N1. The molecule has 0 saturated carbocycles. The summed E-state index contributed by atoms with van der Waals surface area (Å²) in [4.78, 5) is 24.9. The van der Waals surface area contributed by atoms with Crippen LogP contribution in [0.15, 0.2) is 78.9 Å². The average molecular weight is 357 g/mol. The van der Waals surface area contributed by atoms with Crippen molar-refractivity contribution in [3.8, 4) is 5.75 Å². The fraction of sp³-hybridized carbons (Fsp3) is 0.130. The monoisotopic (exact) mass is 357 g/mol. The van der Waals surface area contributed by atoms with E-state index in [0.717, 1.165) is 16.7 Å². The number of benzene rings is 3. The minimum Gasteiger partial charge on any atom is -0.426 e. The second-order valence-corrected chi connectivity index (χ2v) is 6.58. The van der Waals surface area contributed by atoms with Crippen LogP contribution < -0.4 is 10.1 Å². The van der Waals surface area contributed by atoms with Crippen LogP contribution in [0.5, 0.6) is 5.75 Å². The number of hydrogen-bond acceptors (Lipinski definition) is 3. The molecule has 3 aromatic rings. The Morgan fingerprint density at radius 3 is 2.48 bits per heavy atom. The number of esters is 1. The van der Waals surface area contributed by atoms with E-state index in [1.165, 1.54) is 0 Å². The molecule has 134 valence electrons. The van der Waals surface area contributed by atoms with Crippen molar-refractivity contribution < 1.29 is 14.3 Å². The van der Waals surface area contributed by atoms with Crippen LogP contribution in [0.25, 0.3) is 0 Å². The molecule has 4 rings (SSSR count). The van der Waals surface area contributed by atoms with Gasteiger partial charge < -0.3 is 10.1 Å². The zero-order chi connectivity index (χ0) is 18.6. The molecule has 0 spiro atoms. The second kappa shape index (κ2) is 7.46. The Labute approximate surface area is 157 Å². The van der Waals surface area contributed by atoms with Gasteiger partial charge in [-0.2, -0.15) is 0 Å². The first-order valence-electron chi connectivity index (χ1n) is 8.93. The fourth-order valence-electron chi connectivity index (χ4n) is 3.37. The predicted molar refractivity (Wildman–Crippen MR) is 104 cm³/mol. The maximum Gasteiger partial charge on any atom is 0.319 e. The summed E-state index contributed by atoms with van der Waals surface area (Å²) in [6.07, 6.45) is 0.767. The van der Waals surface area contributed by atoms with E-state index in [-0.39, 0.29) is 12.3 Å². The Hall–Kier alpha value is -3.40. The molecule has 0 fully saturated rings. The van der Waals surface area contributed by atoms with Crippen LogP contribution in [0.1, 0.15) is 29.0 Å². The van der Waals surface area contributed by atoms with E-state index in [0.29, 0.717) is 17.9 Å². The van der Waals surface area contributed by atoms with Crippen molar-refractivity contribution >= 4 is 17.6 Å². The fourth-order valence-corrected chi connectivity index (χ4v) is 3.37. The highest BCUT2D eigenvalue weighted by atomic mass is 16.5. The molecule has 3 aromatic carbocycles. The highest BCUT2D eigenvalue weighted by molar-refractivity contribution is 6.00. The number of carbonyl (C=O) groups excluding carboxylic acids is 2. The third-order valence-electron chi connectivity index (χ3n) is 4.70. The van der Waals surface area contributed by atoms with Crippen molar-refractivity contribution in [2.45, 2.75) is 18.8 Å². The lowest BCUT2D eigenvalue weighted by molar-refractivity contribution is -0.138. The van der Waals surface area contributed by atoms with E-state index >= 15 is 0 Å². The average Bonchev–Trinajstić information content (AvgIpc) is 2.69. The summed E-state index contributed by atoms with van der Waals surface area (Å²) in [5.74, 6) is -0.638. The Morgan fingerprint density at radius 2 is 1.63 bits per heavy atom. The summed E-state index contributed by atoms with van der Waals surface area (Å²) in [5.41, 5.74) is 3.55. The van der Waals surface area contributed by atoms with Gasteiger partial charge in [-0.25, -0.2) is 0 Å². The Bertz CT molecular complexity index is 982. The van der Waals surface area contributed by atoms with Crippen molar-refractivity contribution in [2.24, 2.45) is 0 Å². The lowest BCUT2D eigenvalue weighted by Crippen LogP contribution is -2.29. The number of carbonyl (C=O) groups is 2. The number of rotatable bonds is 4. The van der Waals surface area contributed by atoms with Gasteiger partial charge >= 0.3 is 5.97 Å². The number of para-hydroxylation sites is 2. The molecule has 1 aliphatic rings. The molecule has 0 aliphatic carbocycles. The van der Waals surface area contributed by atoms with Crippen LogP contribution in [0.3, 0.4) is 0 Å². The molecule has 0 aromatic heterocycles. The summed E-state index contributed by atoms with van der Waals surface area (Å²) in [6.45, 7) is 0. The summed E-state index contributed by atoms with van der Waals surface area (Å²) in [7, 11) is 0. The van der Waals surface area contributed by atoms with Crippen molar-refractivity contribution in [1.82, 2.24) is 0 Å². The van der Waals surface area contributed by atoms with Crippen molar-refractivity contribution in [3.63, 3.8) is 0 Å². The summed E-state index contributed by atoms with van der Waals surface area (Å²) < 4.78 is 5.74. The Balaban J connectivity index is 1.58. The molecule has 0 radical (unpaired) electrons. The zero-order valence-electron chi connectivity index (χ0n) is 14.7. The number of amides is 1. The van der Waals surface area contributed by atoms with E-state index in [2.05, 4.69) is 5.32 Å². The molecule has 1 unspecified atom stereocenters. The molecular formula is C23H19NO3. The van der Waals surface area contributed by atoms with E-state index in [4.69, 9.17) is 4.74 Å². The zero-order valence-corrected chi connectivity index (χ0v) is 14.7. The lowest BCUT2D eigenvalue weighted by atomic mass is 9.90. The van der Waals surface area contributed by atoms with E-state index in [1.54, 1.807) is 12.1 Å². The van der Waals surface area contributed by atoms with Crippen LogP contribution in [0.4, 0.5) is 5.69 Å². The second-order valence-electron chi connectivity index (χ2n) is 6.58. The molecule has 1 amide bonds. The van der Waals surface area contributed by atoms with Gasteiger partial charge in [0.1, 0.15) is 5.75 Å². The lowest BCUT2D eigenvalue weighted by Gasteiger charge is -2.24. The Kier molecular flexibility index (Phi) is 4.71.